The maximum atomic E-state index is 9.37. The van der Waals surface area contributed by atoms with Crippen molar-refractivity contribution in [2.45, 2.75) is 20.3 Å². The fraction of sp³-hybridized carbons (Fsp3) is 0.0265. The smallest absolute Gasteiger partial charge is 0.114 e. The Morgan fingerprint density at radius 3 is 1.39 bits per heavy atom. The predicted octanol–water partition coefficient (Wildman–Crippen LogP) is 29.2. The molecule has 18 aromatic carbocycles. The Labute approximate surface area is 715 Å². The van der Waals surface area contributed by atoms with Crippen LogP contribution in [0.5, 0.6) is 0 Å². The first-order valence-corrected chi connectivity index (χ1v) is 40.7. The molecule has 0 unspecified atom stereocenters. The average molecular weight is 1730 g/mol. The van der Waals surface area contributed by atoms with Gasteiger partial charge in [0.15, 0.2) is 0 Å². The van der Waals surface area contributed by atoms with Crippen molar-refractivity contribution in [1.29, 1.82) is 5.26 Å². The van der Waals surface area contributed by atoms with E-state index in [0.717, 1.165) is 67.9 Å². The van der Waals surface area contributed by atoms with Crippen molar-refractivity contribution in [1.82, 2.24) is 28.7 Å². The molecule has 0 bridgehead atoms. The molecule has 0 aliphatic rings. The van der Waals surface area contributed by atoms with Crippen LogP contribution in [0, 0.1) is 30.4 Å². The molecular formula is C113H77IrN7-2. The molecule has 0 aliphatic carbocycles. The molecule has 5 heterocycles. The number of hydrogen-bond acceptors (Lipinski definition) is 4. The van der Waals surface area contributed by atoms with Crippen LogP contribution in [0.1, 0.15) is 23.9 Å². The van der Waals surface area contributed by atoms with E-state index in [9.17, 15) is 5.26 Å². The van der Waals surface area contributed by atoms with E-state index in [1.807, 2.05) is 103 Å². The van der Waals surface area contributed by atoms with E-state index in [4.69, 9.17) is 4.98 Å². The summed E-state index contributed by atoms with van der Waals surface area (Å²) >= 11 is 0. The summed E-state index contributed by atoms with van der Waals surface area (Å²) in [6, 6.07) is 152. The molecule has 0 spiro atoms. The molecule has 0 atom stereocenters. The number of pyridine rings is 2. The van der Waals surface area contributed by atoms with Crippen molar-refractivity contribution in [3.05, 3.63) is 448 Å². The van der Waals surface area contributed by atoms with E-state index in [1.165, 1.54) is 142 Å². The van der Waals surface area contributed by atoms with E-state index in [1.54, 1.807) is 6.20 Å². The third-order valence-electron chi connectivity index (χ3n) is 23.1. The van der Waals surface area contributed by atoms with Gasteiger partial charge in [-0.05, 0) is 226 Å². The minimum Gasteiger partial charge on any atom is -0.309 e. The summed E-state index contributed by atoms with van der Waals surface area (Å²) in [5, 5.41) is 26.6. The van der Waals surface area contributed by atoms with Crippen LogP contribution in [0.15, 0.2) is 419 Å². The quantitative estimate of drug-likeness (QED) is 0.0777. The second kappa shape index (κ2) is 33.4. The van der Waals surface area contributed by atoms with Crippen LogP contribution in [-0.4, -0.2) is 28.7 Å². The number of para-hydroxylation sites is 5. The van der Waals surface area contributed by atoms with E-state index in [2.05, 4.69) is 365 Å². The minimum atomic E-state index is 0. The van der Waals surface area contributed by atoms with Gasteiger partial charge in [0, 0.05) is 83.1 Å². The Balaban J connectivity index is 0.000000119. The van der Waals surface area contributed by atoms with Gasteiger partial charge in [0.25, 0.3) is 0 Å². The Morgan fingerprint density at radius 1 is 0.314 bits per heavy atom. The van der Waals surface area contributed by atoms with Crippen molar-refractivity contribution in [2.24, 2.45) is 0 Å². The second-order valence-corrected chi connectivity index (χ2v) is 30.2. The zero-order valence-electron chi connectivity index (χ0n) is 66.5. The third kappa shape index (κ3) is 14.6. The standard InChI is InChI=1S/C45H27N3.C39H28N2.C18H14N.C11H8N.Ir/c46-28-29-14-20-36-32(24-29)15-16-33-25-35(19-21-37(33)36)48-43-13-7-5-11-39(43)41-27-31(18-23-45(41)48)30-17-22-44-40(26-30)38-10-4-6-12-42(38)47(44)34-8-2-1-3-9-34;1-2-37-40-35-17-9-10-18-36(35)41(37)30-23-21-27(22-24-30)38-31-13-5-7-15-33(31)39(34-16-8-6-14-32(34)38)29-20-19-26-11-3-4-12-28(26)25-29;1-14-12-18(16-10-6-3-7-11-16)19-13-17(14)15-8-4-2-5-9-15;1-2-6-10(7-3-1)11-8-4-5-9-12-11;/h1-27H;3-25H,2H2,1H3;2-10,12-13H,1H3;1-6,8-9H;/q;;2*-1;. The van der Waals surface area contributed by atoms with Crippen LogP contribution in [-0.2, 0) is 26.5 Å². The van der Waals surface area contributed by atoms with Gasteiger partial charge in [-0.15, -0.1) is 71.8 Å². The Morgan fingerprint density at radius 2 is 0.793 bits per heavy atom. The zero-order valence-corrected chi connectivity index (χ0v) is 68.9. The van der Waals surface area contributed by atoms with Gasteiger partial charge in [0.05, 0.1) is 44.7 Å². The van der Waals surface area contributed by atoms with Crippen LogP contribution >= 0.6 is 0 Å². The van der Waals surface area contributed by atoms with Gasteiger partial charge >= 0.3 is 0 Å². The molecule has 0 amide bonds. The largest absolute Gasteiger partial charge is 0.309 e. The molecule has 0 fully saturated rings. The SMILES string of the molecule is CCc1nc2ccccc2n1-c1ccc(-c2c3ccccc3c(-c3ccc4ccccc4c3)c3ccccc23)cc1.Cc1cc(-c2[c-]cccc2)ncc1-c1ccccc1.N#Cc1ccc2c(ccc3cc(-n4c5ccccc5c5cc(-c6ccc7c(c6)c6ccccc6n7-c6ccccc6)ccc54)ccc32)c1.[Ir].[c-]1ccccc1-c1ccccn1. The molecule has 1 radical (unpaired) electrons. The van der Waals surface area contributed by atoms with Gasteiger partial charge in [-0.3, -0.25) is 4.57 Å². The zero-order chi connectivity index (χ0) is 80.4. The van der Waals surface area contributed by atoms with Crippen molar-refractivity contribution in [3.63, 3.8) is 0 Å². The summed E-state index contributed by atoms with van der Waals surface area (Å²) < 4.78 is 7.03. The van der Waals surface area contributed by atoms with Gasteiger partial charge in [0.2, 0.25) is 0 Å². The van der Waals surface area contributed by atoms with Crippen LogP contribution in [0.25, 0.3) is 193 Å². The van der Waals surface area contributed by atoms with Crippen LogP contribution in [0.2, 0.25) is 0 Å². The first-order chi connectivity index (χ1) is 59.4. The summed E-state index contributed by atoms with van der Waals surface area (Å²) in [6.45, 7) is 4.29. The molecule has 23 rings (SSSR count). The van der Waals surface area contributed by atoms with Crippen LogP contribution in [0.3, 0.4) is 0 Å². The second-order valence-electron chi connectivity index (χ2n) is 30.2. The first kappa shape index (κ1) is 75.8. The third-order valence-corrected chi connectivity index (χ3v) is 23.1. The fourth-order valence-corrected chi connectivity index (χ4v) is 17.4. The molecular weight excluding hydrogens is 1650 g/mol. The van der Waals surface area contributed by atoms with Crippen LogP contribution in [0.4, 0.5) is 0 Å². The molecule has 5 aromatic heterocycles. The molecule has 0 N–H and O–H groups in total. The van der Waals surface area contributed by atoms with Crippen molar-refractivity contribution in [3.8, 4) is 90.2 Å². The fourth-order valence-electron chi connectivity index (χ4n) is 17.4. The number of nitrogens with zero attached hydrogens (tertiary/aromatic N) is 7. The van der Waals surface area contributed by atoms with Crippen molar-refractivity contribution >= 4 is 109 Å². The van der Waals surface area contributed by atoms with Gasteiger partial charge in [-0.25, -0.2) is 4.98 Å². The molecule has 23 aromatic rings. The number of imidazole rings is 1. The number of aryl methyl sites for hydroxylation is 2. The maximum absolute atomic E-state index is 9.37. The summed E-state index contributed by atoms with van der Waals surface area (Å²) in [5.41, 5.74) is 26.1. The van der Waals surface area contributed by atoms with Gasteiger partial charge in [0.1, 0.15) is 5.82 Å². The average Bonchev–Trinajstić information content (AvgIpc) is 1.73. The summed E-state index contributed by atoms with van der Waals surface area (Å²) in [5.74, 6) is 1.08. The first-order valence-electron chi connectivity index (χ1n) is 40.7. The molecule has 0 aliphatic heterocycles. The predicted molar refractivity (Wildman–Crippen MR) is 501 cm³/mol. The molecule has 0 saturated carbocycles. The van der Waals surface area contributed by atoms with Gasteiger partial charge in [-0.1, -0.05) is 256 Å². The Bertz CT molecular complexity index is 7730. The molecule has 0 saturated heterocycles. The van der Waals surface area contributed by atoms with Crippen molar-refractivity contribution in [2.75, 3.05) is 0 Å². The van der Waals surface area contributed by atoms with E-state index < -0.39 is 0 Å². The number of rotatable bonds is 10. The monoisotopic (exact) mass is 1720 g/mol. The van der Waals surface area contributed by atoms with Gasteiger partial charge in [-0.2, -0.15) is 5.26 Å². The number of aromatic nitrogens is 6. The number of hydrogen-bond donors (Lipinski definition) is 0. The van der Waals surface area contributed by atoms with Crippen LogP contribution < -0.4 is 0 Å². The summed E-state index contributed by atoms with van der Waals surface area (Å²) in [6.07, 6.45) is 4.61. The topological polar surface area (TPSA) is 77.2 Å². The normalized spacial score (nSPS) is 11.2. The van der Waals surface area contributed by atoms with E-state index >= 15 is 0 Å². The molecule has 121 heavy (non-hydrogen) atoms. The van der Waals surface area contributed by atoms with Crippen molar-refractivity contribution < 1.29 is 20.1 Å². The summed E-state index contributed by atoms with van der Waals surface area (Å²) in [7, 11) is 0. The number of benzene rings is 18. The molecule has 7 nitrogen and oxygen atoms in total. The molecule has 8 heteroatoms. The van der Waals surface area contributed by atoms with E-state index in [0.29, 0.717) is 5.56 Å². The Kier molecular flexibility index (Phi) is 20.9. The van der Waals surface area contributed by atoms with E-state index in [-0.39, 0.29) is 20.1 Å². The van der Waals surface area contributed by atoms with Gasteiger partial charge < -0.3 is 19.1 Å². The minimum absolute atomic E-state index is 0. The molecule has 575 valence electrons. The number of fused-ring (bicyclic) bond motifs is 13. The summed E-state index contributed by atoms with van der Waals surface area (Å²) in [4.78, 5) is 13.7. The Hall–Kier alpha value is -15.2. The number of nitriles is 1. The maximum Gasteiger partial charge on any atom is 0.114 e.